The van der Waals surface area contributed by atoms with Gasteiger partial charge in [-0.2, -0.15) is 4.99 Å². The van der Waals surface area contributed by atoms with Gasteiger partial charge in [0.2, 0.25) is 15.1 Å². The highest BCUT2D eigenvalue weighted by Gasteiger charge is 2.37. The molecule has 1 unspecified atom stereocenters. The van der Waals surface area contributed by atoms with Crippen molar-refractivity contribution in [3.05, 3.63) is 27.8 Å². The van der Waals surface area contributed by atoms with E-state index in [1.54, 1.807) is 0 Å². The Hall–Kier alpha value is -1.22. The third-order valence-electron chi connectivity index (χ3n) is 5.32. The van der Waals surface area contributed by atoms with Gasteiger partial charge in [-0.25, -0.2) is 4.79 Å². The molecule has 0 saturated carbocycles. The van der Waals surface area contributed by atoms with Crippen molar-refractivity contribution in [1.29, 1.82) is 0 Å². The molecular weight excluding hydrogens is 314 g/mol. The van der Waals surface area contributed by atoms with Crippen LogP contribution in [0.5, 0.6) is 0 Å². The lowest BCUT2D eigenvalue weighted by Crippen LogP contribution is -2.19. The van der Waals surface area contributed by atoms with Gasteiger partial charge in [0.1, 0.15) is 0 Å². The van der Waals surface area contributed by atoms with Gasteiger partial charge in [0.15, 0.2) is 0 Å². The van der Waals surface area contributed by atoms with E-state index in [0.29, 0.717) is 5.92 Å². The van der Waals surface area contributed by atoms with Crippen LogP contribution in [-0.4, -0.2) is 21.7 Å². The van der Waals surface area contributed by atoms with E-state index in [1.165, 1.54) is 34.2 Å². The standard InChI is InChI=1S/C20H28NO2Si/c1-20(2,3)18-14-7-6-8-15(14)19(21-12-22)17-13(9-10-16(17)18)11-23-24(4)5/h13H,6-11H2,1-5H3. The summed E-state index contributed by atoms with van der Waals surface area (Å²) < 4.78 is 6.02. The lowest BCUT2D eigenvalue weighted by atomic mass is 9.77. The minimum absolute atomic E-state index is 0.127. The maximum atomic E-state index is 11.1. The predicted octanol–water partition coefficient (Wildman–Crippen LogP) is 4.74. The molecule has 0 heterocycles. The average molecular weight is 343 g/mol. The highest BCUT2D eigenvalue weighted by atomic mass is 28.3. The minimum Gasteiger partial charge on any atom is -0.417 e. The zero-order valence-corrected chi connectivity index (χ0v) is 16.6. The Labute approximate surface area is 147 Å². The number of hydrogen-bond donors (Lipinski definition) is 0. The van der Waals surface area contributed by atoms with Gasteiger partial charge in [0.05, 0.1) is 5.69 Å². The van der Waals surface area contributed by atoms with Gasteiger partial charge in [0.25, 0.3) is 0 Å². The topological polar surface area (TPSA) is 38.7 Å². The molecular formula is C20H28NO2Si. The van der Waals surface area contributed by atoms with Gasteiger partial charge < -0.3 is 4.43 Å². The van der Waals surface area contributed by atoms with Gasteiger partial charge in [-0.1, -0.05) is 20.8 Å². The Morgan fingerprint density at radius 2 is 1.88 bits per heavy atom. The molecule has 1 aromatic rings. The van der Waals surface area contributed by atoms with Crippen molar-refractivity contribution in [3.63, 3.8) is 0 Å². The fraction of sp³-hybridized carbons (Fsp3) is 0.650. The molecule has 3 nitrogen and oxygen atoms in total. The quantitative estimate of drug-likeness (QED) is 0.450. The molecule has 1 atom stereocenters. The molecule has 0 aliphatic heterocycles. The zero-order chi connectivity index (χ0) is 17.5. The molecule has 0 N–H and O–H groups in total. The highest BCUT2D eigenvalue weighted by molar-refractivity contribution is 6.48. The Kier molecular flexibility index (Phi) is 4.83. The lowest BCUT2D eigenvalue weighted by Gasteiger charge is -2.28. The van der Waals surface area contributed by atoms with Crippen LogP contribution in [0, 0.1) is 0 Å². The molecule has 0 fully saturated rings. The van der Waals surface area contributed by atoms with E-state index < -0.39 is 9.04 Å². The summed E-state index contributed by atoms with van der Waals surface area (Å²) in [6.07, 6.45) is 7.35. The summed E-state index contributed by atoms with van der Waals surface area (Å²) in [7, 11) is -0.705. The molecule has 0 saturated heterocycles. The van der Waals surface area contributed by atoms with E-state index in [4.69, 9.17) is 4.43 Å². The first-order chi connectivity index (χ1) is 11.3. The molecule has 4 heteroatoms. The van der Waals surface area contributed by atoms with Crippen molar-refractivity contribution in [2.75, 3.05) is 6.61 Å². The van der Waals surface area contributed by atoms with Crippen LogP contribution in [0.4, 0.5) is 5.69 Å². The van der Waals surface area contributed by atoms with Crippen LogP contribution in [0.25, 0.3) is 0 Å². The first-order valence-corrected chi connectivity index (χ1v) is 11.5. The molecule has 1 radical (unpaired) electrons. The monoisotopic (exact) mass is 342 g/mol. The van der Waals surface area contributed by atoms with Crippen LogP contribution in [0.3, 0.4) is 0 Å². The SMILES string of the molecule is C[Si](C)OCC1CCc2c1c(N=C=O)c1c(c2C(C)(C)C)CCC1. The summed E-state index contributed by atoms with van der Waals surface area (Å²) >= 11 is 0. The zero-order valence-electron chi connectivity index (χ0n) is 15.6. The Morgan fingerprint density at radius 1 is 1.17 bits per heavy atom. The molecule has 2 aliphatic rings. The molecule has 0 spiro atoms. The largest absolute Gasteiger partial charge is 0.417 e. The Bertz CT molecular complexity index is 697. The summed E-state index contributed by atoms with van der Waals surface area (Å²) in [4.78, 5) is 15.3. The van der Waals surface area contributed by atoms with Gasteiger partial charge in [0, 0.05) is 12.5 Å². The van der Waals surface area contributed by atoms with E-state index in [0.717, 1.165) is 38.0 Å². The molecule has 0 bridgehead atoms. The Balaban J connectivity index is 2.20. The number of benzene rings is 1. The molecule has 0 amide bonds. The molecule has 1 aromatic carbocycles. The van der Waals surface area contributed by atoms with Gasteiger partial charge in [-0.3, -0.25) is 0 Å². The van der Waals surface area contributed by atoms with Crippen molar-refractivity contribution in [1.82, 2.24) is 0 Å². The van der Waals surface area contributed by atoms with E-state index in [9.17, 15) is 4.79 Å². The number of fused-ring (bicyclic) bond motifs is 2. The summed E-state index contributed by atoms with van der Waals surface area (Å²) in [5.74, 6) is 0.374. The van der Waals surface area contributed by atoms with Crippen molar-refractivity contribution in [3.8, 4) is 0 Å². The van der Waals surface area contributed by atoms with Crippen LogP contribution in [0.15, 0.2) is 4.99 Å². The first kappa shape index (κ1) is 17.6. The van der Waals surface area contributed by atoms with E-state index in [-0.39, 0.29) is 5.41 Å². The molecule has 129 valence electrons. The number of hydrogen-bond acceptors (Lipinski definition) is 3. The molecule has 0 aromatic heterocycles. The smallest absolute Gasteiger partial charge is 0.240 e. The van der Waals surface area contributed by atoms with Crippen molar-refractivity contribution in [2.24, 2.45) is 4.99 Å². The van der Waals surface area contributed by atoms with Gasteiger partial charge >= 0.3 is 0 Å². The average Bonchev–Trinajstić information content (AvgIpc) is 3.10. The van der Waals surface area contributed by atoms with E-state index >= 15 is 0 Å². The number of nitrogens with zero attached hydrogens (tertiary/aromatic N) is 1. The van der Waals surface area contributed by atoms with Crippen LogP contribution in [-0.2, 0) is 33.9 Å². The maximum absolute atomic E-state index is 11.1. The summed E-state index contributed by atoms with van der Waals surface area (Å²) in [6.45, 7) is 12.0. The van der Waals surface area contributed by atoms with Crippen LogP contribution >= 0.6 is 0 Å². The molecule has 2 aliphatic carbocycles. The van der Waals surface area contributed by atoms with Gasteiger partial charge in [-0.15, -0.1) is 0 Å². The predicted molar refractivity (Wildman–Crippen MR) is 99.4 cm³/mol. The third-order valence-corrected chi connectivity index (χ3v) is 6.06. The van der Waals surface area contributed by atoms with Crippen molar-refractivity contribution < 1.29 is 9.22 Å². The van der Waals surface area contributed by atoms with Crippen LogP contribution in [0.1, 0.15) is 67.3 Å². The highest BCUT2D eigenvalue weighted by Crippen LogP contribution is 2.50. The fourth-order valence-electron chi connectivity index (χ4n) is 4.58. The number of isocyanates is 1. The first-order valence-electron chi connectivity index (χ1n) is 9.06. The second-order valence-electron chi connectivity index (χ2n) is 8.33. The van der Waals surface area contributed by atoms with Crippen LogP contribution < -0.4 is 0 Å². The second kappa shape index (κ2) is 6.59. The summed E-state index contributed by atoms with van der Waals surface area (Å²) in [5.41, 5.74) is 8.12. The lowest BCUT2D eigenvalue weighted by molar-refractivity contribution is 0.294. The van der Waals surface area contributed by atoms with E-state index in [1.807, 2.05) is 6.08 Å². The summed E-state index contributed by atoms with van der Waals surface area (Å²) in [6, 6.07) is 0. The summed E-state index contributed by atoms with van der Waals surface area (Å²) in [5, 5.41) is 0. The van der Waals surface area contributed by atoms with Gasteiger partial charge in [-0.05, 0) is 78.4 Å². The number of aliphatic imine (C=N–C) groups is 1. The van der Waals surface area contributed by atoms with Crippen LogP contribution in [0.2, 0.25) is 13.1 Å². The van der Waals surface area contributed by atoms with Crippen molar-refractivity contribution in [2.45, 2.75) is 77.3 Å². The normalized spacial score (nSPS) is 19.3. The maximum Gasteiger partial charge on any atom is 0.240 e. The number of carbonyl (C=O) groups excluding carboxylic acids is 1. The third kappa shape index (κ3) is 3.03. The Morgan fingerprint density at radius 3 is 2.50 bits per heavy atom. The fourth-order valence-corrected chi connectivity index (χ4v) is 5.11. The molecule has 3 rings (SSSR count). The van der Waals surface area contributed by atoms with Crippen molar-refractivity contribution >= 4 is 20.8 Å². The number of rotatable bonds is 4. The minimum atomic E-state index is -0.705. The molecule has 24 heavy (non-hydrogen) atoms. The second-order valence-corrected chi connectivity index (χ2v) is 10.4. The van der Waals surface area contributed by atoms with E-state index in [2.05, 4.69) is 38.9 Å².